The van der Waals surface area contributed by atoms with E-state index in [0.717, 1.165) is 12.4 Å². The number of pyridine rings is 1. The van der Waals surface area contributed by atoms with E-state index in [1.54, 1.807) is 0 Å². The molecule has 1 N–H and O–H groups in total. The number of nitrogens with one attached hydrogen (secondary N) is 1. The van der Waals surface area contributed by atoms with Crippen molar-refractivity contribution in [3.8, 4) is 0 Å². The van der Waals surface area contributed by atoms with Crippen molar-refractivity contribution in [2.24, 2.45) is 0 Å². The molecule has 0 saturated heterocycles. The van der Waals surface area contributed by atoms with Crippen LogP contribution in [-0.4, -0.2) is 11.5 Å². The number of fused-ring (bicyclic) bond motifs is 1. The zero-order valence-corrected chi connectivity index (χ0v) is 10.3. The Morgan fingerprint density at radius 3 is 2.67 bits per heavy atom. The third-order valence-electron chi connectivity index (χ3n) is 2.51. The molecule has 1 aromatic heterocycles. The molecule has 84 valence electrons. The van der Waals surface area contributed by atoms with E-state index in [9.17, 15) is 0 Å². The quantitative estimate of drug-likeness (QED) is 0.759. The van der Waals surface area contributed by atoms with Crippen LogP contribution in [0.5, 0.6) is 0 Å². The number of aryl methyl sites for hydroxylation is 1. The predicted octanol–water partition coefficient (Wildman–Crippen LogP) is 3.59. The number of anilines is 1. The summed E-state index contributed by atoms with van der Waals surface area (Å²) in [5, 5.41) is 3.35. The van der Waals surface area contributed by atoms with Gasteiger partial charge in [-0.25, -0.2) is 4.98 Å². The van der Waals surface area contributed by atoms with Crippen LogP contribution in [0, 0.1) is 0 Å². The monoisotopic (exact) mass is 206 g/mol. The van der Waals surface area contributed by atoms with Gasteiger partial charge in [0.2, 0.25) is 0 Å². The van der Waals surface area contributed by atoms with Crippen molar-refractivity contribution in [1.29, 1.82) is 0 Å². The van der Waals surface area contributed by atoms with Crippen molar-refractivity contribution in [2.75, 3.05) is 11.9 Å². The highest BCUT2D eigenvalue weighted by Gasteiger charge is 2.10. The molecule has 0 aliphatic carbocycles. The summed E-state index contributed by atoms with van der Waals surface area (Å²) in [6.45, 7) is 9.43. The Kier molecular flexibility index (Phi) is 4.60. The van der Waals surface area contributed by atoms with Crippen LogP contribution in [0.1, 0.15) is 51.3 Å². The van der Waals surface area contributed by atoms with E-state index in [1.165, 1.54) is 24.1 Å². The number of nitrogens with zero attached hydrogens (tertiary/aromatic N) is 1. The number of aromatic nitrogens is 1. The Hall–Kier alpha value is -1.05. The molecule has 0 fully saturated rings. The minimum atomic E-state index is 0.522. The summed E-state index contributed by atoms with van der Waals surface area (Å²) < 4.78 is 0. The van der Waals surface area contributed by atoms with Crippen molar-refractivity contribution in [2.45, 2.75) is 46.5 Å². The second-order valence-corrected chi connectivity index (χ2v) is 3.93. The van der Waals surface area contributed by atoms with Crippen LogP contribution in [0.15, 0.2) is 12.1 Å². The number of rotatable bonds is 1. The maximum atomic E-state index is 4.60. The molecular formula is C13H22N2. The van der Waals surface area contributed by atoms with Crippen molar-refractivity contribution in [3.63, 3.8) is 0 Å². The lowest BCUT2D eigenvalue weighted by Gasteiger charge is -2.18. The first-order valence-corrected chi connectivity index (χ1v) is 6.01. The van der Waals surface area contributed by atoms with Gasteiger partial charge in [0, 0.05) is 12.2 Å². The van der Waals surface area contributed by atoms with E-state index in [2.05, 4.69) is 36.3 Å². The Morgan fingerprint density at radius 2 is 2.00 bits per heavy atom. The Labute approximate surface area is 93.1 Å². The first-order valence-electron chi connectivity index (χ1n) is 6.01. The maximum absolute atomic E-state index is 4.60. The molecule has 0 unspecified atom stereocenters. The maximum Gasteiger partial charge on any atom is 0.129 e. The van der Waals surface area contributed by atoms with E-state index >= 15 is 0 Å². The standard InChI is InChI=1S/C11H16N2.C2H6/c1-8(2)10-6-5-9-4-3-7-12-11(9)13-10;1-2/h5-6,8H,3-4,7H2,1-2H3,(H,12,13);1-2H3. The summed E-state index contributed by atoms with van der Waals surface area (Å²) >= 11 is 0. The molecule has 0 spiro atoms. The minimum absolute atomic E-state index is 0.522. The molecule has 1 aliphatic heterocycles. The lowest BCUT2D eigenvalue weighted by molar-refractivity contribution is 0.783. The van der Waals surface area contributed by atoms with Gasteiger partial charge in [-0.05, 0) is 30.4 Å². The number of hydrogen-bond acceptors (Lipinski definition) is 2. The van der Waals surface area contributed by atoms with Crippen LogP contribution in [0.3, 0.4) is 0 Å². The smallest absolute Gasteiger partial charge is 0.129 e. The summed E-state index contributed by atoms with van der Waals surface area (Å²) in [6, 6.07) is 4.36. The normalized spacial score (nSPS) is 13.7. The van der Waals surface area contributed by atoms with Crippen LogP contribution >= 0.6 is 0 Å². The lowest BCUT2D eigenvalue weighted by atomic mass is 10.0. The average Bonchev–Trinajstić information content (AvgIpc) is 2.31. The highest BCUT2D eigenvalue weighted by molar-refractivity contribution is 5.47. The van der Waals surface area contributed by atoms with Crippen molar-refractivity contribution >= 4 is 5.82 Å². The van der Waals surface area contributed by atoms with Crippen LogP contribution in [0.2, 0.25) is 0 Å². The van der Waals surface area contributed by atoms with Gasteiger partial charge in [-0.1, -0.05) is 33.8 Å². The first kappa shape index (κ1) is 12.0. The van der Waals surface area contributed by atoms with E-state index in [-0.39, 0.29) is 0 Å². The molecular weight excluding hydrogens is 184 g/mol. The third kappa shape index (κ3) is 2.95. The van der Waals surface area contributed by atoms with Gasteiger partial charge < -0.3 is 5.32 Å². The second kappa shape index (κ2) is 5.74. The first-order chi connectivity index (χ1) is 7.27. The van der Waals surface area contributed by atoms with Gasteiger partial charge in [0.25, 0.3) is 0 Å². The average molecular weight is 206 g/mol. The molecule has 0 atom stereocenters. The fourth-order valence-corrected chi connectivity index (χ4v) is 1.67. The van der Waals surface area contributed by atoms with Gasteiger partial charge in [-0.15, -0.1) is 0 Å². The molecule has 2 nitrogen and oxygen atoms in total. The van der Waals surface area contributed by atoms with Crippen molar-refractivity contribution < 1.29 is 0 Å². The fraction of sp³-hybridized carbons (Fsp3) is 0.615. The zero-order chi connectivity index (χ0) is 11.3. The molecule has 15 heavy (non-hydrogen) atoms. The van der Waals surface area contributed by atoms with E-state index in [1.807, 2.05) is 13.8 Å². The summed E-state index contributed by atoms with van der Waals surface area (Å²) in [5.41, 5.74) is 2.56. The SMILES string of the molecule is CC.CC(C)c1ccc2c(n1)NCCC2. The van der Waals surface area contributed by atoms with E-state index < -0.39 is 0 Å². The van der Waals surface area contributed by atoms with Crippen molar-refractivity contribution in [3.05, 3.63) is 23.4 Å². The highest BCUT2D eigenvalue weighted by Crippen LogP contribution is 2.22. The molecule has 2 heterocycles. The van der Waals surface area contributed by atoms with Gasteiger partial charge in [-0.2, -0.15) is 0 Å². The van der Waals surface area contributed by atoms with Gasteiger partial charge in [0.05, 0.1) is 0 Å². The van der Waals surface area contributed by atoms with E-state index in [4.69, 9.17) is 0 Å². The third-order valence-corrected chi connectivity index (χ3v) is 2.51. The van der Waals surface area contributed by atoms with Crippen molar-refractivity contribution in [1.82, 2.24) is 4.98 Å². The summed E-state index contributed by atoms with van der Waals surface area (Å²) in [5.74, 6) is 1.63. The largest absolute Gasteiger partial charge is 0.370 e. The molecule has 1 aliphatic rings. The van der Waals surface area contributed by atoms with Gasteiger partial charge in [0.1, 0.15) is 5.82 Å². The molecule has 0 bridgehead atoms. The number of hydrogen-bond donors (Lipinski definition) is 1. The van der Waals surface area contributed by atoms with Crippen LogP contribution < -0.4 is 5.32 Å². The lowest BCUT2D eigenvalue weighted by Crippen LogP contribution is -2.14. The summed E-state index contributed by atoms with van der Waals surface area (Å²) in [6.07, 6.45) is 2.41. The Bertz CT molecular complexity index is 305. The molecule has 1 aromatic rings. The van der Waals surface area contributed by atoms with E-state index in [0.29, 0.717) is 5.92 Å². The molecule has 0 saturated carbocycles. The highest BCUT2D eigenvalue weighted by atomic mass is 15.0. The Balaban J connectivity index is 0.000000531. The fourth-order valence-electron chi connectivity index (χ4n) is 1.67. The van der Waals surface area contributed by atoms with Gasteiger partial charge in [-0.3, -0.25) is 0 Å². The Morgan fingerprint density at radius 1 is 1.27 bits per heavy atom. The summed E-state index contributed by atoms with van der Waals surface area (Å²) in [7, 11) is 0. The van der Waals surface area contributed by atoms with Crippen LogP contribution in [0.25, 0.3) is 0 Å². The molecule has 0 radical (unpaired) electrons. The zero-order valence-electron chi connectivity index (χ0n) is 10.3. The molecule has 2 heteroatoms. The summed E-state index contributed by atoms with van der Waals surface area (Å²) in [4.78, 5) is 4.60. The molecule has 0 aromatic carbocycles. The van der Waals surface area contributed by atoms with Gasteiger partial charge in [0.15, 0.2) is 0 Å². The second-order valence-electron chi connectivity index (χ2n) is 3.93. The van der Waals surface area contributed by atoms with Gasteiger partial charge >= 0.3 is 0 Å². The molecule has 0 amide bonds. The van der Waals surface area contributed by atoms with Crippen LogP contribution in [-0.2, 0) is 6.42 Å². The van der Waals surface area contributed by atoms with Crippen LogP contribution in [0.4, 0.5) is 5.82 Å². The topological polar surface area (TPSA) is 24.9 Å². The molecule has 2 rings (SSSR count). The predicted molar refractivity (Wildman–Crippen MR) is 66.5 cm³/mol. The minimum Gasteiger partial charge on any atom is -0.370 e.